The van der Waals surface area contributed by atoms with E-state index < -0.39 is 0 Å². The largest absolute Gasteiger partial charge is 0.508 e. The molecule has 106 valence electrons. The summed E-state index contributed by atoms with van der Waals surface area (Å²) in [6.45, 7) is 1.75. The molecule has 0 aromatic heterocycles. The van der Waals surface area contributed by atoms with Crippen molar-refractivity contribution in [2.75, 3.05) is 0 Å². The van der Waals surface area contributed by atoms with Crippen molar-refractivity contribution in [3.05, 3.63) is 62.8 Å². The Morgan fingerprint density at radius 1 is 1.10 bits per heavy atom. The first-order valence-electron chi connectivity index (χ1n) is 6.18. The number of hydrogen-bond acceptors (Lipinski definition) is 3. The van der Waals surface area contributed by atoms with Gasteiger partial charge in [0.1, 0.15) is 11.5 Å². The fourth-order valence-corrected chi connectivity index (χ4v) is 2.84. The summed E-state index contributed by atoms with van der Waals surface area (Å²) in [5.74, 6) is 0.374. The molecule has 0 fully saturated rings. The van der Waals surface area contributed by atoms with E-state index in [-0.39, 0.29) is 17.3 Å². The van der Waals surface area contributed by atoms with Crippen LogP contribution in [0.15, 0.2) is 36.1 Å². The summed E-state index contributed by atoms with van der Waals surface area (Å²) in [4.78, 5) is 12.4. The number of carbonyl (C=O) groups is 1. The second-order valence-corrected chi connectivity index (χ2v) is 5.65. The number of halogens is 2. The van der Waals surface area contributed by atoms with E-state index in [2.05, 4.69) is 0 Å². The van der Waals surface area contributed by atoms with Crippen molar-refractivity contribution in [3.63, 3.8) is 0 Å². The van der Waals surface area contributed by atoms with E-state index in [1.54, 1.807) is 31.2 Å². The van der Waals surface area contributed by atoms with E-state index in [9.17, 15) is 9.90 Å². The Labute approximate surface area is 131 Å². The number of allylic oxidation sites excluding steroid dienone is 1. The highest BCUT2D eigenvalue weighted by Crippen LogP contribution is 2.37. The van der Waals surface area contributed by atoms with Gasteiger partial charge in [0.25, 0.3) is 0 Å². The number of rotatable bonds is 1. The molecule has 0 saturated heterocycles. The van der Waals surface area contributed by atoms with Crippen LogP contribution in [-0.2, 0) is 0 Å². The van der Waals surface area contributed by atoms with Gasteiger partial charge in [-0.3, -0.25) is 4.79 Å². The van der Waals surface area contributed by atoms with Gasteiger partial charge in [-0.05, 0) is 48.4 Å². The van der Waals surface area contributed by atoms with E-state index >= 15 is 0 Å². The molecule has 0 bridgehead atoms. The first kappa shape index (κ1) is 14.0. The van der Waals surface area contributed by atoms with Crippen molar-refractivity contribution in [1.29, 1.82) is 0 Å². The summed E-state index contributed by atoms with van der Waals surface area (Å²) in [6.07, 6.45) is 1.58. The predicted octanol–water partition coefficient (Wildman–Crippen LogP) is 4.62. The molecule has 0 unspecified atom stereocenters. The number of aryl methyl sites for hydroxylation is 1. The molecule has 0 amide bonds. The molecular formula is C16H10Cl2O3. The van der Waals surface area contributed by atoms with Gasteiger partial charge in [-0.25, -0.2) is 0 Å². The summed E-state index contributed by atoms with van der Waals surface area (Å²) in [7, 11) is 0. The van der Waals surface area contributed by atoms with Gasteiger partial charge in [-0.2, -0.15) is 0 Å². The van der Waals surface area contributed by atoms with Crippen molar-refractivity contribution < 1.29 is 14.6 Å². The molecular weight excluding hydrogens is 311 g/mol. The van der Waals surface area contributed by atoms with Gasteiger partial charge < -0.3 is 9.84 Å². The summed E-state index contributed by atoms with van der Waals surface area (Å²) >= 11 is 11.9. The first-order valence-corrected chi connectivity index (χ1v) is 6.93. The number of ketones is 1. The molecule has 1 aliphatic rings. The number of Topliss-reactive ketones (excluding diaryl/α,β-unsaturated/α-hetero) is 1. The minimum absolute atomic E-state index is 0.0612. The summed E-state index contributed by atoms with van der Waals surface area (Å²) in [5, 5.41) is 10.5. The van der Waals surface area contributed by atoms with Crippen LogP contribution in [0, 0.1) is 6.92 Å². The topological polar surface area (TPSA) is 46.5 Å². The lowest BCUT2D eigenvalue weighted by Crippen LogP contribution is -1.99. The predicted molar refractivity (Wildman–Crippen MR) is 82.2 cm³/mol. The minimum Gasteiger partial charge on any atom is -0.508 e. The van der Waals surface area contributed by atoms with Crippen LogP contribution in [0.4, 0.5) is 0 Å². The highest BCUT2D eigenvalue weighted by atomic mass is 35.5. The highest BCUT2D eigenvalue weighted by molar-refractivity contribution is 6.34. The number of benzene rings is 2. The molecule has 1 aliphatic heterocycles. The summed E-state index contributed by atoms with van der Waals surface area (Å²) in [6, 6.07) is 7.93. The van der Waals surface area contributed by atoms with E-state index in [1.807, 2.05) is 0 Å². The SMILES string of the molecule is Cc1cc(O)cc2c1C(=O)/C(=C/c1cc(Cl)cc(Cl)c1)O2. The van der Waals surface area contributed by atoms with Gasteiger partial charge >= 0.3 is 0 Å². The fourth-order valence-electron chi connectivity index (χ4n) is 2.30. The second-order valence-electron chi connectivity index (χ2n) is 4.78. The van der Waals surface area contributed by atoms with Crippen molar-refractivity contribution in [2.45, 2.75) is 6.92 Å². The third kappa shape index (κ3) is 2.62. The minimum atomic E-state index is -0.224. The number of phenols is 1. The summed E-state index contributed by atoms with van der Waals surface area (Å²) in [5.41, 5.74) is 1.81. The smallest absolute Gasteiger partial charge is 0.232 e. The monoisotopic (exact) mass is 320 g/mol. The van der Waals surface area contributed by atoms with Gasteiger partial charge in [-0.1, -0.05) is 23.2 Å². The zero-order valence-corrected chi connectivity index (χ0v) is 12.5. The molecule has 3 nitrogen and oxygen atoms in total. The number of ether oxygens (including phenoxy) is 1. The molecule has 3 rings (SSSR count). The zero-order chi connectivity index (χ0) is 15.1. The van der Waals surface area contributed by atoms with E-state index in [4.69, 9.17) is 27.9 Å². The average molecular weight is 321 g/mol. The standard InChI is InChI=1S/C16H10Cl2O3/c1-8-2-12(19)7-13-15(8)16(20)14(21-13)5-9-3-10(17)6-11(18)4-9/h2-7,19H,1H3/b14-5-. The van der Waals surface area contributed by atoms with Crippen LogP contribution in [0.1, 0.15) is 21.5 Å². The molecule has 2 aromatic carbocycles. The van der Waals surface area contributed by atoms with Crippen molar-refractivity contribution in [2.24, 2.45) is 0 Å². The molecule has 2 aromatic rings. The molecule has 0 saturated carbocycles. The van der Waals surface area contributed by atoms with Crippen molar-refractivity contribution >= 4 is 35.1 Å². The molecule has 5 heteroatoms. The number of phenolic OH excluding ortho intramolecular Hbond substituents is 1. The third-order valence-corrected chi connectivity index (χ3v) is 3.57. The Bertz CT molecular complexity index is 774. The lowest BCUT2D eigenvalue weighted by molar-refractivity contribution is 0.101. The Morgan fingerprint density at radius 2 is 1.76 bits per heavy atom. The quantitative estimate of drug-likeness (QED) is 0.779. The first-order chi connectivity index (χ1) is 9.94. The van der Waals surface area contributed by atoms with Crippen LogP contribution in [0.2, 0.25) is 10.0 Å². The Balaban J connectivity index is 2.05. The Morgan fingerprint density at radius 3 is 2.43 bits per heavy atom. The van der Waals surface area contributed by atoms with Gasteiger partial charge in [0.2, 0.25) is 5.78 Å². The van der Waals surface area contributed by atoms with Crippen molar-refractivity contribution in [1.82, 2.24) is 0 Å². The molecule has 0 radical (unpaired) electrons. The van der Waals surface area contributed by atoms with E-state index in [0.29, 0.717) is 32.5 Å². The highest BCUT2D eigenvalue weighted by Gasteiger charge is 2.29. The fraction of sp³-hybridized carbons (Fsp3) is 0.0625. The summed E-state index contributed by atoms with van der Waals surface area (Å²) < 4.78 is 5.53. The van der Waals surface area contributed by atoms with Gasteiger partial charge in [0.15, 0.2) is 5.76 Å². The van der Waals surface area contributed by atoms with Gasteiger partial charge in [0.05, 0.1) is 5.56 Å². The van der Waals surface area contributed by atoms with Crippen LogP contribution in [0.3, 0.4) is 0 Å². The average Bonchev–Trinajstić information content (AvgIpc) is 2.64. The van der Waals surface area contributed by atoms with Crippen LogP contribution in [0.25, 0.3) is 6.08 Å². The van der Waals surface area contributed by atoms with E-state index in [0.717, 1.165) is 0 Å². The number of carbonyl (C=O) groups excluding carboxylic acids is 1. The van der Waals surface area contributed by atoms with Crippen LogP contribution in [-0.4, -0.2) is 10.9 Å². The lowest BCUT2D eigenvalue weighted by atomic mass is 10.0. The molecule has 0 aliphatic carbocycles. The van der Waals surface area contributed by atoms with Gasteiger partial charge in [0, 0.05) is 16.1 Å². The second kappa shape index (κ2) is 5.10. The molecule has 0 spiro atoms. The number of fused-ring (bicyclic) bond motifs is 1. The maximum Gasteiger partial charge on any atom is 0.232 e. The maximum absolute atomic E-state index is 12.4. The molecule has 1 heterocycles. The molecule has 1 N–H and O–H groups in total. The Hall–Kier alpha value is -1.97. The lowest BCUT2D eigenvalue weighted by Gasteiger charge is -2.01. The normalized spacial score (nSPS) is 15.2. The molecule has 0 atom stereocenters. The van der Waals surface area contributed by atoms with Crippen LogP contribution >= 0.6 is 23.2 Å². The van der Waals surface area contributed by atoms with Crippen molar-refractivity contribution in [3.8, 4) is 11.5 Å². The van der Waals surface area contributed by atoms with Crippen LogP contribution < -0.4 is 4.74 Å². The maximum atomic E-state index is 12.4. The van der Waals surface area contributed by atoms with Gasteiger partial charge in [-0.15, -0.1) is 0 Å². The molecule has 21 heavy (non-hydrogen) atoms. The number of aromatic hydroxyl groups is 1. The Kier molecular flexibility index (Phi) is 3.40. The van der Waals surface area contributed by atoms with Crippen LogP contribution in [0.5, 0.6) is 11.5 Å². The third-order valence-electron chi connectivity index (χ3n) is 3.14. The zero-order valence-electron chi connectivity index (χ0n) is 11.0. The number of hydrogen-bond donors (Lipinski definition) is 1. The van der Waals surface area contributed by atoms with E-state index in [1.165, 1.54) is 12.1 Å².